The number of amides is 2. The molecule has 2 saturated heterocycles. The summed E-state index contributed by atoms with van der Waals surface area (Å²) in [6.07, 6.45) is 3.00. The van der Waals surface area contributed by atoms with Crippen LogP contribution >= 0.6 is 0 Å². The van der Waals surface area contributed by atoms with Gasteiger partial charge in [-0.15, -0.1) is 0 Å². The molecule has 0 aliphatic carbocycles. The maximum Gasteiger partial charge on any atom is 0.274 e. The van der Waals surface area contributed by atoms with Gasteiger partial charge in [0.15, 0.2) is 11.5 Å². The highest BCUT2D eigenvalue weighted by Gasteiger charge is 2.32. The van der Waals surface area contributed by atoms with Gasteiger partial charge in [-0.3, -0.25) is 14.7 Å². The molecule has 0 radical (unpaired) electrons. The summed E-state index contributed by atoms with van der Waals surface area (Å²) in [7, 11) is 0. The largest absolute Gasteiger partial charge is 0.463 e. The molecule has 2 fully saturated rings. The number of rotatable bonds is 3. The number of aromatic amines is 1. The molecular weight excluding hydrogens is 324 g/mol. The first kappa shape index (κ1) is 15.9. The van der Waals surface area contributed by atoms with E-state index in [1.165, 1.54) is 0 Å². The van der Waals surface area contributed by atoms with Gasteiger partial charge in [-0.05, 0) is 25.0 Å². The molecular formula is C17H20N4O4. The smallest absolute Gasteiger partial charge is 0.274 e. The molecule has 132 valence electrons. The molecule has 4 rings (SSSR count). The van der Waals surface area contributed by atoms with Crippen LogP contribution in [0, 0.1) is 0 Å². The lowest BCUT2D eigenvalue weighted by molar-refractivity contribution is -0.142. The van der Waals surface area contributed by atoms with E-state index < -0.39 is 0 Å². The van der Waals surface area contributed by atoms with Crippen molar-refractivity contribution in [2.75, 3.05) is 32.8 Å². The average Bonchev–Trinajstić information content (AvgIpc) is 3.42. The van der Waals surface area contributed by atoms with Gasteiger partial charge in [0.1, 0.15) is 11.8 Å². The standard InChI is InChI=1S/C17H20N4O4/c22-16(13-11-12(18-19-13)14-3-1-9-24-14)20-5-7-21(8-6-20)17(23)15-4-2-10-25-15/h1,3,9,11,15H,2,4-8,10H2,(H,18,19)/t15-/m1/s1. The highest BCUT2D eigenvalue weighted by atomic mass is 16.5. The molecule has 0 saturated carbocycles. The molecule has 1 atom stereocenters. The summed E-state index contributed by atoms with van der Waals surface area (Å²) >= 11 is 0. The van der Waals surface area contributed by atoms with Gasteiger partial charge in [0.2, 0.25) is 0 Å². The van der Waals surface area contributed by atoms with Crippen molar-refractivity contribution in [2.45, 2.75) is 18.9 Å². The van der Waals surface area contributed by atoms with E-state index in [-0.39, 0.29) is 17.9 Å². The fourth-order valence-corrected chi connectivity index (χ4v) is 3.26. The number of carbonyl (C=O) groups is 2. The van der Waals surface area contributed by atoms with Crippen LogP contribution in [0.4, 0.5) is 0 Å². The summed E-state index contributed by atoms with van der Waals surface area (Å²) in [5.74, 6) is 0.543. The van der Waals surface area contributed by atoms with Gasteiger partial charge < -0.3 is 19.0 Å². The fourth-order valence-electron chi connectivity index (χ4n) is 3.26. The maximum atomic E-state index is 12.6. The van der Waals surface area contributed by atoms with E-state index in [2.05, 4.69) is 10.2 Å². The van der Waals surface area contributed by atoms with Gasteiger partial charge in [-0.1, -0.05) is 0 Å². The number of H-pyrrole nitrogens is 1. The molecule has 2 aliphatic rings. The van der Waals surface area contributed by atoms with Crippen LogP contribution in [0.25, 0.3) is 11.5 Å². The molecule has 25 heavy (non-hydrogen) atoms. The second kappa shape index (κ2) is 6.72. The molecule has 8 heteroatoms. The van der Waals surface area contributed by atoms with Crippen molar-refractivity contribution in [2.24, 2.45) is 0 Å². The van der Waals surface area contributed by atoms with Crippen molar-refractivity contribution in [3.05, 3.63) is 30.2 Å². The molecule has 2 aliphatic heterocycles. The average molecular weight is 344 g/mol. The van der Waals surface area contributed by atoms with Crippen molar-refractivity contribution in [1.29, 1.82) is 0 Å². The zero-order chi connectivity index (χ0) is 17.2. The first-order valence-corrected chi connectivity index (χ1v) is 8.51. The SMILES string of the molecule is O=C(c1cc(-c2ccco2)[nH]n1)N1CCN(C(=O)[C@H]2CCCO2)CC1. The Morgan fingerprint density at radius 1 is 1.20 bits per heavy atom. The van der Waals surface area contributed by atoms with Crippen molar-refractivity contribution in [3.8, 4) is 11.5 Å². The second-order valence-electron chi connectivity index (χ2n) is 6.26. The summed E-state index contributed by atoms with van der Waals surface area (Å²) in [5.41, 5.74) is 1.02. The minimum Gasteiger partial charge on any atom is -0.463 e. The third-order valence-electron chi connectivity index (χ3n) is 4.67. The number of carbonyl (C=O) groups excluding carboxylic acids is 2. The molecule has 0 bridgehead atoms. The lowest BCUT2D eigenvalue weighted by atomic mass is 10.2. The van der Waals surface area contributed by atoms with Gasteiger partial charge in [-0.25, -0.2) is 0 Å². The Morgan fingerprint density at radius 2 is 2.00 bits per heavy atom. The summed E-state index contributed by atoms with van der Waals surface area (Å²) < 4.78 is 10.8. The van der Waals surface area contributed by atoms with E-state index in [0.717, 1.165) is 12.8 Å². The monoisotopic (exact) mass is 344 g/mol. The Hall–Kier alpha value is -2.61. The van der Waals surface area contributed by atoms with E-state index in [9.17, 15) is 9.59 Å². The lowest BCUT2D eigenvalue weighted by Gasteiger charge is -2.35. The summed E-state index contributed by atoms with van der Waals surface area (Å²) in [5, 5.41) is 6.91. The fraction of sp³-hybridized carbons (Fsp3) is 0.471. The Balaban J connectivity index is 1.36. The van der Waals surface area contributed by atoms with Crippen LogP contribution in [0.2, 0.25) is 0 Å². The van der Waals surface area contributed by atoms with Crippen LogP contribution < -0.4 is 0 Å². The van der Waals surface area contributed by atoms with E-state index in [1.54, 1.807) is 34.3 Å². The van der Waals surface area contributed by atoms with Gasteiger partial charge >= 0.3 is 0 Å². The summed E-state index contributed by atoms with van der Waals surface area (Å²) in [6.45, 7) is 2.71. The van der Waals surface area contributed by atoms with E-state index >= 15 is 0 Å². The molecule has 0 spiro atoms. The maximum absolute atomic E-state index is 12.6. The van der Waals surface area contributed by atoms with Gasteiger partial charge in [-0.2, -0.15) is 5.10 Å². The predicted molar refractivity (Wildman–Crippen MR) is 87.7 cm³/mol. The zero-order valence-electron chi connectivity index (χ0n) is 13.8. The minimum absolute atomic E-state index is 0.0458. The number of piperazine rings is 1. The van der Waals surface area contributed by atoms with Gasteiger partial charge in [0.25, 0.3) is 11.8 Å². The summed E-state index contributed by atoms with van der Waals surface area (Å²) in [4.78, 5) is 28.5. The van der Waals surface area contributed by atoms with Crippen molar-refractivity contribution < 1.29 is 18.7 Å². The van der Waals surface area contributed by atoms with Crippen molar-refractivity contribution in [1.82, 2.24) is 20.0 Å². The Kier molecular flexibility index (Phi) is 4.27. The number of ether oxygens (including phenoxy) is 1. The number of nitrogens with one attached hydrogen (secondary N) is 1. The zero-order valence-corrected chi connectivity index (χ0v) is 13.8. The molecule has 2 aromatic rings. The highest BCUT2D eigenvalue weighted by Crippen LogP contribution is 2.20. The summed E-state index contributed by atoms with van der Waals surface area (Å²) in [6, 6.07) is 5.27. The van der Waals surface area contributed by atoms with Crippen LogP contribution in [-0.2, 0) is 9.53 Å². The van der Waals surface area contributed by atoms with Crippen molar-refractivity contribution in [3.63, 3.8) is 0 Å². The number of furan rings is 1. The van der Waals surface area contributed by atoms with E-state index in [1.807, 2.05) is 0 Å². The van der Waals surface area contributed by atoms with E-state index in [4.69, 9.17) is 9.15 Å². The Bertz CT molecular complexity index is 741. The molecule has 0 aromatic carbocycles. The third-order valence-corrected chi connectivity index (χ3v) is 4.67. The number of aromatic nitrogens is 2. The quantitative estimate of drug-likeness (QED) is 0.901. The van der Waals surface area contributed by atoms with Crippen LogP contribution in [-0.4, -0.2) is 70.7 Å². The van der Waals surface area contributed by atoms with Crippen LogP contribution in [0.5, 0.6) is 0 Å². The van der Waals surface area contributed by atoms with E-state index in [0.29, 0.717) is 49.9 Å². The molecule has 0 unspecified atom stereocenters. The number of hydrogen-bond acceptors (Lipinski definition) is 5. The molecule has 2 aromatic heterocycles. The third kappa shape index (κ3) is 3.17. The van der Waals surface area contributed by atoms with Gasteiger partial charge in [0.05, 0.1) is 6.26 Å². The topological polar surface area (TPSA) is 91.7 Å². The predicted octanol–water partition coefficient (Wildman–Crippen LogP) is 1.13. The highest BCUT2D eigenvalue weighted by molar-refractivity contribution is 5.93. The van der Waals surface area contributed by atoms with Crippen LogP contribution in [0.3, 0.4) is 0 Å². The Morgan fingerprint density at radius 3 is 2.68 bits per heavy atom. The number of hydrogen-bond donors (Lipinski definition) is 1. The van der Waals surface area contributed by atoms with Crippen LogP contribution in [0.1, 0.15) is 23.3 Å². The number of nitrogens with zero attached hydrogens (tertiary/aromatic N) is 3. The molecule has 4 heterocycles. The lowest BCUT2D eigenvalue weighted by Crippen LogP contribution is -2.52. The van der Waals surface area contributed by atoms with Gasteiger partial charge in [0, 0.05) is 38.9 Å². The second-order valence-corrected chi connectivity index (χ2v) is 6.26. The molecule has 1 N–H and O–H groups in total. The first-order valence-electron chi connectivity index (χ1n) is 8.51. The molecule has 8 nitrogen and oxygen atoms in total. The normalized spacial score (nSPS) is 20.9. The molecule has 2 amide bonds. The van der Waals surface area contributed by atoms with Crippen LogP contribution in [0.15, 0.2) is 28.9 Å². The first-order chi connectivity index (χ1) is 12.2. The minimum atomic E-state index is -0.301. The van der Waals surface area contributed by atoms with Crippen molar-refractivity contribution >= 4 is 11.8 Å². The Labute approximate surface area is 144 Å².